The number of hydrogen-bond donors (Lipinski definition) is 1. The van der Waals surface area contributed by atoms with E-state index in [1.54, 1.807) is 24.3 Å². The number of ether oxygens (including phenoxy) is 1. The Bertz CT molecular complexity index is 1100. The third-order valence-corrected chi connectivity index (χ3v) is 7.65. The summed E-state index contributed by atoms with van der Waals surface area (Å²) in [5, 5.41) is 2.71. The van der Waals surface area contributed by atoms with Crippen LogP contribution in [0.3, 0.4) is 0 Å². The van der Waals surface area contributed by atoms with Gasteiger partial charge in [0.15, 0.2) is 0 Å². The predicted molar refractivity (Wildman–Crippen MR) is 133 cm³/mol. The fourth-order valence-corrected chi connectivity index (χ4v) is 6.01. The SMILES string of the molecule is CCNC(=O)Oc1cccc2c1CCC1C2CCN1CCCCCN1C(=O)c2ccccc2C1=O. The van der Waals surface area contributed by atoms with Crippen molar-refractivity contribution in [2.24, 2.45) is 0 Å². The number of likely N-dealkylation sites (tertiary alicyclic amines) is 1. The van der Waals surface area contributed by atoms with Gasteiger partial charge in [-0.15, -0.1) is 0 Å². The van der Waals surface area contributed by atoms with Crippen molar-refractivity contribution < 1.29 is 19.1 Å². The van der Waals surface area contributed by atoms with Gasteiger partial charge in [-0.3, -0.25) is 19.4 Å². The zero-order valence-electron chi connectivity index (χ0n) is 20.3. The van der Waals surface area contributed by atoms with E-state index >= 15 is 0 Å². The van der Waals surface area contributed by atoms with E-state index < -0.39 is 6.09 Å². The van der Waals surface area contributed by atoms with E-state index in [1.165, 1.54) is 16.0 Å². The second kappa shape index (κ2) is 10.2. The molecule has 3 aliphatic rings. The molecule has 7 nitrogen and oxygen atoms in total. The molecule has 0 spiro atoms. The predicted octanol–water partition coefficient (Wildman–Crippen LogP) is 4.37. The van der Waals surface area contributed by atoms with Crippen molar-refractivity contribution in [2.75, 3.05) is 26.2 Å². The Morgan fingerprint density at radius 1 is 0.971 bits per heavy atom. The molecule has 2 aromatic rings. The van der Waals surface area contributed by atoms with Gasteiger partial charge in [0, 0.05) is 25.0 Å². The molecule has 184 valence electrons. The highest BCUT2D eigenvalue weighted by Crippen LogP contribution is 2.44. The van der Waals surface area contributed by atoms with Crippen LogP contribution in [0.4, 0.5) is 4.79 Å². The lowest BCUT2D eigenvalue weighted by Gasteiger charge is -2.34. The summed E-state index contributed by atoms with van der Waals surface area (Å²) in [6.07, 6.45) is 5.60. The smallest absolute Gasteiger partial charge is 0.410 e. The highest BCUT2D eigenvalue weighted by molar-refractivity contribution is 6.21. The highest BCUT2D eigenvalue weighted by atomic mass is 16.6. The molecule has 2 aliphatic heterocycles. The van der Waals surface area contributed by atoms with Gasteiger partial charge >= 0.3 is 6.09 Å². The number of unbranched alkanes of at least 4 members (excludes halogenated alkanes) is 2. The van der Waals surface area contributed by atoms with Crippen LogP contribution in [0.5, 0.6) is 5.75 Å². The average molecular weight is 476 g/mol. The fraction of sp³-hybridized carbons (Fsp3) is 0.464. The third-order valence-electron chi connectivity index (χ3n) is 7.65. The lowest BCUT2D eigenvalue weighted by atomic mass is 9.79. The van der Waals surface area contributed by atoms with Gasteiger partial charge in [-0.2, -0.15) is 0 Å². The Morgan fingerprint density at radius 2 is 1.71 bits per heavy atom. The number of fused-ring (bicyclic) bond motifs is 4. The first-order chi connectivity index (χ1) is 17.1. The summed E-state index contributed by atoms with van der Waals surface area (Å²) in [6, 6.07) is 13.7. The van der Waals surface area contributed by atoms with Crippen molar-refractivity contribution in [3.63, 3.8) is 0 Å². The maximum atomic E-state index is 12.5. The minimum atomic E-state index is -0.391. The zero-order chi connectivity index (χ0) is 24.4. The zero-order valence-corrected chi connectivity index (χ0v) is 20.3. The molecule has 1 fully saturated rings. The monoisotopic (exact) mass is 475 g/mol. The van der Waals surface area contributed by atoms with Gasteiger partial charge in [0.1, 0.15) is 5.75 Å². The first-order valence-corrected chi connectivity index (χ1v) is 12.8. The Morgan fingerprint density at radius 3 is 2.46 bits per heavy atom. The number of carbonyl (C=O) groups is 3. The molecule has 2 heterocycles. The lowest BCUT2D eigenvalue weighted by molar-refractivity contribution is 0.0651. The minimum Gasteiger partial charge on any atom is -0.410 e. The third kappa shape index (κ3) is 4.57. The van der Waals surface area contributed by atoms with Gasteiger partial charge in [0.25, 0.3) is 11.8 Å². The molecule has 2 atom stereocenters. The van der Waals surface area contributed by atoms with Crippen LogP contribution in [-0.2, 0) is 6.42 Å². The topological polar surface area (TPSA) is 79.0 Å². The number of carbonyl (C=O) groups excluding carboxylic acids is 3. The first kappa shape index (κ1) is 23.5. The van der Waals surface area contributed by atoms with Crippen molar-refractivity contribution in [3.05, 3.63) is 64.7 Å². The second-order valence-electron chi connectivity index (χ2n) is 9.65. The van der Waals surface area contributed by atoms with Gasteiger partial charge in [-0.25, -0.2) is 4.79 Å². The van der Waals surface area contributed by atoms with Gasteiger partial charge in [-0.05, 0) is 81.4 Å². The lowest BCUT2D eigenvalue weighted by Crippen LogP contribution is -2.36. The number of nitrogens with zero attached hydrogens (tertiary/aromatic N) is 2. The van der Waals surface area contributed by atoms with E-state index in [4.69, 9.17) is 4.74 Å². The van der Waals surface area contributed by atoms with Gasteiger partial charge < -0.3 is 10.1 Å². The summed E-state index contributed by atoms with van der Waals surface area (Å²) >= 11 is 0. The van der Waals surface area contributed by atoms with Crippen LogP contribution in [0.25, 0.3) is 0 Å². The molecule has 0 aromatic heterocycles. The van der Waals surface area contributed by atoms with Crippen molar-refractivity contribution in [2.45, 2.75) is 57.4 Å². The van der Waals surface area contributed by atoms with Crippen molar-refractivity contribution >= 4 is 17.9 Å². The van der Waals surface area contributed by atoms with E-state index in [2.05, 4.69) is 16.3 Å². The molecule has 3 amide bonds. The number of rotatable bonds is 8. The molecule has 1 N–H and O–H groups in total. The Hall–Kier alpha value is -3.19. The summed E-state index contributed by atoms with van der Waals surface area (Å²) < 4.78 is 5.58. The van der Waals surface area contributed by atoms with Crippen LogP contribution in [-0.4, -0.2) is 59.9 Å². The van der Waals surface area contributed by atoms with Crippen LogP contribution in [0, 0.1) is 0 Å². The van der Waals surface area contributed by atoms with E-state index in [1.807, 2.05) is 19.1 Å². The molecular formula is C28H33N3O4. The quantitative estimate of drug-likeness (QED) is 0.453. The molecule has 35 heavy (non-hydrogen) atoms. The molecule has 0 saturated carbocycles. The average Bonchev–Trinajstić information content (AvgIpc) is 3.39. The van der Waals surface area contributed by atoms with Crippen molar-refractivity contribution in [3.8, 4) is 5.75 Å². The molecule has 1 aliphatic carbocycles. The van der Waals surface area contributed by atoms with Crippen LogP contribution in [0.2, 0.25) is 0 Å². The number of imide groups is 1. The molecule has 1 saturated heterocycles. The summed E-state index contributed by atoms with van der Waals surface area (Å²) in [6.45, 7) is 5.03. The molecule has 2 unspecified atom stereocenters. The number of nitrogens with one attached hydrogen (secondary N) is 1. The van der Waals surface area contributed by atoms with Crippen molar-refractivity contribution in [1.82, 2.24) is 15.1 Å². The summed E-state index contributed by atoms with van der Waals surface area (Å²) in [5.74, 6) is 0.849. The molecule has 5 rings (SSSR count). The molecule has 2 aromatic carbocycles. The van der Waals surface area contributed by atoms with Crippen LogP contribution in [0.1, 0.15) is 76.8 Å². The van der Waals surface area contributed by atoms with Gasteiger partial charge in [0.05, 0.1) is 11.1 Å². The summed E-state index contributed by atoms with van der Waals surface area (Å²) in [7, 11) is 0. The number of amides is 3. The van der Waals surface area contributed by atoms with Gasteiger partial charge in [-0.1, -0.05) is 30.7 Å². The Balaban J connectivity index is 1.11. The first-order valence-electron chi connectivity index (χ1n) is 12.8. The minimum absolute atomic E-state index is 0.163. The van der Waals surface area contributed by atoms with Crippen LogP contribution >= 0.6 is 0 Å². The van der Waals surface area contributed by atoms with Crippen LogP contribution < -0.4 is 10.1 Å². The Labute approximate surface area is 206 Å². The van der Waals surface area contributed by atoms with E-state index in [0.29, 0.717) is 41.9 Å². The van der Waals surface area contributed by atoms with E-state index in [-0.39, 0.29) is 11.8 Å². The highest BCUT2D eigenvalue weighted by Gasteiger charge is 2.39. The van der Waals surface area contributed by atoms with Gasteiger partial charge in [0.2, 0.25) is 0 Å². The molecular weight excluding hydrogens is 442 g/mol. The van der Waals surface area contributed by atoms with E-state index in [9.17, 15) is 14.4 Å². The number of hydrogen-bond acceptors (Lipinski definition) is 5. The standard InChI is InChI=1S/C28H33N3O4/c1-2-29-28(34)35-25-12-8-11-19-20-15-18-30(24(20)14-13-21(19)25)16-6-3-7-17-31-26(32)22-9-4-5-10-23(22)27(31)33/h4-5,8-12,20,24H,2-3,6-7,13-18H2,1H3,(H,29,34). The normalized spacial score (nSPS) is 21.0. The second-order valence-corrected chi connectivity index (χ2v) is 9.65. The molecule has 0 bridgehead atoms. The fourth-order valence-electron chi connectivity index (χ4n) is 6.01. The summed E-state index contributed by atoms with van der Waals surface area (Å²) in [4.78, 5) is 41.0. The Kier molecular flexibility index (Phi) is 6.86. The van der Waals surface area contributed by atoms with Crippen molar-refractivity contribution in [1.29, 1.82) is 0 Å². The van der Waals surface area contributed by atoms with E-state index in [0.717, 1.165) is 51.6 Å². The molecule has 7 heteroatoms. The largest absolute Gasteiger partial charge is 0.412 e. The maximum Gasteiger partial charge on any atom is 0.412 e. The summed E-state index contributed by atoms with van der Waals surface area (Å²) in [5.41, 5.74) is 3.56. The molecule has 0 radical (unpaired) electrons. The number of benzene rings is 2. The van der Waals surface area contributed by atoms with Crippen LogP contribution in [0.15, 0.2) is 42.5 Å². The maximum absolute atomic E-state index is 12.5.